The molecule has 6 heteroatoms. The molecule has 5 nitrogen and oxygen atoms in total. The van der Waals surface area contributed by atoms with Crippen molar-refractivity contribution in [3.05, 3.63) is 52.5 Å². The predicted octanol–water partition coefficient (Wildman–Crippen LogP) is 4.06. The maximum absolute atomic E-state index is 11.1. The van der Waals surface area contributed by atoms with E-state index in [0.717, 1.165) is 11.3 Å². The number of nitroso groups, excluding NO2 is 1. The van der Waals surface area contributed by atoms with E-state index < -0.39 is 0 Å². The molecule has 0 aliphatic carbocycles. The normalized spacial score (nSPS) is 10.7. The Morgan fingerprint density at radius 2 is 1.95 bits per heavy atom. The fourth-order valence-electron chi connectivity index (χ4n) is 2.04. The molecule has 0 amide bonds. The second-order valence-electron chi connectivity index (χ2n) is 4.18. The maximum atomic E-state index is 11.1. The van der Waals surface area contributed by atoms with Crippen molar-refractivity contribution in [2.45, 2.75) is 0 Å². The third kappa shape index (κ3) is 2.02. The summed E-state index contributed by atoms with van der Waals surface area (Å²) in [7, 11) is 1.60. The minimum atomic E-state index is 0.229. The van der Waals surface area contributed by atoms with Gasteiger partial charge in [0.2, 0.25) is 5.82 Å². The first-order valence-corrected chi connectivity index (χ1v) is 6.26. The highest BCUT2D eigenvalue weighted by Crippen LogP contribution is 2.32. The fourth-order valence-corrected chi connectivity index (χ4v) is 2.20. The summed E-state index contributed by atoms with van der Waals surface area (Å²) in [5, 5.41) is 3.59. The van der Waals surface area contributed by atoms with Crippen LogP contribution in [0.15, 0.2) is 47.8 Å². The number of nitrogens with zero attached hydrogens (tertiary/aromatic N) is 3. The molecule has 1 aromatic carbocycles. The second kappa shape index (κ2) is 4.94. The Labute approximate surface area is 119 Å². The zero-order valence-corrected chi connectivity index (χ0v) is 11.3. The van der Waals surface area contributed by atoms with Crippen LogP contribution in [0.3, 0.4) is 0 Å². The molecule has 0 spiro atoms. The minimum absolute atomic E-state index is 0.229. The molecule has 0 radical (unpaired) electrons. The highest BCUT2D eigenvalue weighted by atomic mass is 35.5. The zero-order chi connectivity index (χ0) is 14.1. The Morgan fingerprint density at radius 3 is 2.60 bits per heavy atom. The van der Waals surface area contributed by atoms with Crippen LogP contribution in [-0.4, -0.2) is 16.5 Å². The van der Waals surface area contributed by atoms with Gasteiger partial charge in [-0.15, -0.1) is 4.91 Å². The Kier molecular flexibility index (Phi) is 3.12. The molecule has 3 rings (SSSR count). The molecule has 0 saturated heterocycles. The first-order valence-electron chi connectivity index (χ1n) is 5.88. The van der Waals surface area contributed by atoms with Gasteiger partial charge in [0.1, 0.15) is 17.1 Å². The highest BCUT2D eigenvalue weighted by Gasteiger charge is 2.15. The number of rotatable bonds is 3. The van der Waals surface area contributed by atoms with Crippen LogP contribution in [0.5, 0.6) is 5.75 Å². The lowest BCUT2D eigenvalue weighted by Gasteiger charge is -2.01. The summed E-state index contributed by atoms with van der Waals surface area (Å²) in [5.74, 6) is 0.967. The summed E-state index contributed by atoms with van der Waals surface area (Å²) in [4.78, 5) is 15.6. The SMILES string of the molecule is COc1ccc(-c2nc3ccc(Cl)cn3c2N=O)cc1. The molecule has 0 aliphatic heterocycles. The summed E-state index contributed by atoms with van der Waals surface area (Å²) >= 11 is 5.93. The molecule has 0 aliphatic rings. The van der Waals surface area contributed by atoms with E-state index in [9.17, 15) is 4.91 Å². The average molecular weight is 288 g/mol. The third-order valence-corrected chi connectivity index (χ3v) is 3.23. The zero-order valence-electron chi connectivity index (χ0n) is 10.6. The quantitative estimate of drug-likeness (QED) is 0.683. The topological polar surface area (TPSA) is 56.0 Å². The van der Waals surface area contributed by atoms with Crippen molar-refractivity contribution < 1.29 is 4.74 Å². The molecule has 0 bridgehead atoms. The lowest BCUT2D eigenvalue weighted by molar-refractivity contribution is 0.415. The summed E-state index contributed by atoms with van der Waals surface area (Å²) in [6.07, 6.45) is 1.62. The summed E-state index contributed by atoms with van der Waals surface area (Å²) in [5.41, 5.74) is 1.93. The van der Waals surface area contributed by atoms with Gasteiger partial charge in [-0.25, -0.2) is 4.98 Å². The number of hydrogen-bond acceptors (Lipinski definition) is 4. The number of aromatic nitrogens is 2. The third-order valence-electron chi connectivity index (χ3n) is 3.01. The van der Waals surface area contributed by atoms with E-state index in [1.807, 2.05) is 12.1 Å². The average Bonchev–Trinajstić information content (AvgIpc) is 2.85. The largest absolute Gasteiger partial charge is 0.497 e. The molecule has 0 atom stereocenters. The molecular weight excluding hydrogens is 278 g/mol. The smallest absolute Gasteiger partial charge is 0.209 e. The standard InChI is InChI=1S/C14H10ClN3O2/c1-20-11-5-2-9(3-6-11)13-14(17-19)18-8-10(15)4-7-12(18)16-13/h2-8H,1H3. The molecule has 3 aromatic rings. The van der Waals surface area contributed by atoms with Crippen LogP contribution in [0.2, 0.25) is 5.02 Å². The molecular formula is C14H10ClN3O2. The van der Waals surface area contributed by atoms with E-state index in [0.29, 0.717) is 16.4 Å². The lowest BCUT2D eigenvalue weighted by Crippen LogP contribution is -1.83. The number of methoxy groups -OCH3 is 1. The van der Waals surface area contributed by atoms with Gasteiger partial charge in [-0.1, -0.05) is 11.6 Å². The fraction of sp³-hybridized carbons (Fsp3) is 0.0714. The summed E-state index contributed by atoms with van der Waals surface area (Å²) in [6.45, 7) is 0. The Balaban J connectivity index is 2.21. The van der Waals surface area contributed by atoms with Crippen LogP contribution >= 0.6 is 11.6 Å². The van der Waals surface area contributed by atoms with E-state index in [1.165, 1.54) is 0 Å². The van der Waals surface area contributed by atoms with Crippen LogP contribution in [-0.2, 0) is 0 Å². The first kappa shape index (κ1) is 12.6. The van der Waals surface area contributed by atoms with Gasteiger partial charge < -0.3 is 4.74 Å². The van der Waals surface area contributed by atoms with Crippen molar-refractivity contribution in [1.29, 1.82) is 0 Å². The van der Waals surface area contributed by atoms with Gasteiger partial charge in [0.15, 0.2) is 0 Å². The van der Waals surface area contributed by atoms with E-state index in [-0.39, 0.29) is 5.82 Å². The number of benzene rings is 1. The molecule has 0 fully saturated rings. The molecule has 0 saturated carbocycles. The molecule has 100 valence electrons. The molecule has 0 N–H and O–H groups in total. The highest BCUT2D eigenvalue weighted by molar-refractivity contribution is 6.30. The van der Waals surface area contributed by atoms with Crippen LogP contribution in [0.25, 0.3) is 16.9 Å². The lowest BCUT2D eigenvalue weighted by atomic mass is 10.1. The van der Waals surface area contributed by atoms with Crippen molar-refractivity contribution in [2.24, 2.45) is 5.18 Å². The van der Waals surface area contributed by atoms with Crippen molar-refractivity contribution in [3.8, 4) is 17.0 Å². The second-order valence-corrected chi connectivity index (χ2v) is 4.62. The summed E-state index contributed by atoms with van der Waals surface area (Å²) < 4.78 is 6.69. The van der Waals surface area contributed by atoms with Crippen LogP contribution < -0.4 is 4.74 Å². The van der Waals surface area contributed by atoms with Crippen molar-refractivity contribution in [1.82, 2.24) is 9.38 Å². The number of fused-ring (bicyclic) bond motifs is 1. The van der Waals surface area contributed by atoms with Crippen molar-refractivity contribution in [2.75, 3.05) is 7.11 Å². The summed E-state index contributed by atoms with van der Waals surface area (Å²) in [6, 6.07) is 10.7. The molecule has 2 heterocycles. The predicted molar refractivity (Wildman–Crippen MR) is 77.6 cm³/mol. The minimum Gasteiger partial charge on any atom is -0.497 e. The Bertz CT molecular complexity index is 781. The molecule has 0 unspecified atom stereocenters. The van der Waals surface area contributed by atoms with Gasteiger partial charge in [-0.2, -0.15) is 0 Å². The van der Waals surface area contributed by atoms with Gasteiger partial charge in [-0.3, -0.25) is 4.40 Å². The number of hydrogen-bond donors (Lipinski definition) is 0. The first-order chi connectivity index (χ1) is 9.72. The van der Waals surface area contributed by atoms with Crippen LogP contribution in [0.1, 0.15) is 0 Å². The van der Waals surface area contributed by atoms with Crippen LogP contribution in [0.4, 0.5) is 5.82 Å². The van der Waals surface area contributed by atoms with Crippen molar-refractivity contribution >= 4 is 23.1 Å². The van der Waals surface area contributed by atoms with E-state index >= 15 is 0 Å². The number of imidazole rings is 1. The Morgan fingerprint density at radius 1 is 1.20 bits per heavy atom. The van der Waals surface area contributed by atoms with Crippen molar-refractivity contribution in [3.63, 3.8) is 0 Å². The van der Waals surface area contributed by atoms with Crippen LogP contribution in [0, 0.1) is 4.91 Å². The van der Waals surface area contributed by atoms with Gasteiger partial charge >= 0.3 is 0 Å². The monoisotopic (exact) mass is 287 g/mol. The van der Waals surface area contributed by atoms with Gasteiger partial charge in [-0.05, 0) is 41.6 Å². The van der Waals surface area contributed by atoms with Gasteiger partial charge in [0.25, 0.3) is 0 Å². The van der Waals surface area contributed by atoms with E-state index in [1.54, 1.807) is 42.0 Å². The van der Waals surface area contributed by atoms with E-state index in [2.05, 4.69) is 10.2 Å². The number of pyridine rings is 1. The van der Waals surface area contributed by atoms with Gasteiger partial charge in [0.05, 0.1) is 12.1 Å². The molecule has 20 heavy (non-hydrogen) atoms. The number of halogens is 1. The maximum Gasteiger partial charge on any atom is 0.209 e. The molecule has 2 aromatic heterocycles. The Hall–Kier alpha value is -2.40. The van der Waals surface area contributed by atoms with Gasteiger partial charge in [0, 0.05) is 11.8 Å². The van der Waals surface area contributed by atoms with E-state index in [4.69, 9.17) is 16.3 Å². The number of ether oxygens (including phenoxy) is 1.